The zero-order valence-corrected chi connectivity index (χ0v) is 20.8. The van der Waals surface area contributed by atoms with Crippen LogP contribution in [0.25, 0.3) is 0 Å². The molecule has 1 aliphatic heterocycles. The molecule has 204 valence electrons. The Kier molecular flexibility index (Phi) is 10.3. The fraction of sp³-hybridized carbons (Fsp3) is 0.440. The summed E-state index contributed by atoms with van der Waals surface area (Å²) in [6, 6.07) is 4.90. The summed E-state index contributed by atoms with van der Waals surface area (Å²) in [5, 5.41) is 20.4. The third-order valence-corrected chi connectivity index (χ3v) is 6.20. The average Bonchev–Trinajstić information content (AvgIpc) is 3.60. The maximum atomic E-state index is 13.4. The molecule has 4 atom stereocenters. The quantitative estimate of drug-likeness (QED) is 0.157. The van der Waals surface area contributed by atoms with Gasteiger partial charge in [-0.25, -0.2) is 9.78 Å². The van der Waals surface area contributed by atoms with E-state index in [9.17, 15) is 29.1 Å². The van der Waals surface area contributed by atoms with Crippen molar-refractivity contribution >= 4 is 29.6 Å². The van der Waals surface area contributed by atoms with Gasteiger partial charge >= 0.3 is 5.97 Å². The van der Waals surface area contributed by atoms with Crippen LogP contribution >= 0.6 is 0 Å². The number of aromatic nitrogens is 2. The lowest BCUT2D eigenvalue weighted by Crippen LogP contribution is -2.58. The van der Waals surface area contributed by atoms with Crippen LogP contribution in [0.3, 0.4) is 0 Å². The zero-order valence-electron chi connectivity index (χ0n) is 20.8. The molecule has 2 aromatic rings. The highest BCUT2D eigenvalue weighted by Gasteiger charge is 2.32. The molecule has 1 fully saturated rings. The first-order valence-corrected chi connectivity index (χ1v) is 12.4. The van der Waals surface area contributed by atoms with Crippen LogP contribution in [0.1, 0.15) is 36.9 Å². The maximum absolute atomic E-state index is 13.4. The Morgan fingerprint density at radius 1 is 1.00 bits per heavy atom. The number of imidazole rings is 1. The molecule has 4 amide bonds. The zero-order chi connectivity index (χ0) is 27.5. The highest BCUT2D eigenvalue weighted by atomic mass is 16.4. The van der Waals surface area contributed by atoms with E-state index in [-0.39, 0.29) is 31.6 Å². The van der Waals surface area contributed by atoms with Gasteiger partial charge in [0.25, 0.3) is 0 Å². The molecular formula is C25H33N7O6. The van der Waals surface area contributed by atoms with Gasteiger partial charge in [0.1, 0.15) is 18.1 Å². The monoisotopic (exact) mass is 527 g/mol. The predicted octanol–water partition coefficient (Wildman–Crippen LogP) is -1.25. The number of H-pyrrole nitrogens is 1. The van der Waals surface area contributed by atoms with Crippen LogP contribution in [-0.4, -0.2) is 75.4 Å². The molecule has 0 bridgehead atoms. The third kappa shape index (κ3) is 8.69. The molecule has 13 heteroatoms. The van der Waals surface area contributed by atoms with Crippen LogP contribution in [0.2, 0.25) is 0 Å². The molecule has 8 N–H and O–H groups in total. The fourth-order valence-electron chi connectivity index (χ4n) is 4.15. The highest BCUT2D eigenvalue weighted by Crippen LogP contribution is 2.09. The number of carboxylic acid groups (broad SMARTS) is 1. The summed E-state index contributed by atoms with van der Waals surface area (Å²) in [5.41, 5.74) is 6.45. The van der Waals surface area contributed by atoms with Crippen molar-refractivity contribution in [3.8, 4) is 0 Å². The summed E-state index contributed by atoms with van der Waals surface area (Å²) in [6.45, 7) is 0.704. The second-order valence-corrected chi connectivity index (χ2v) is 9.15. The van der Waals surface area contributed by atoms with E-state index >= 15 is 0 Å². The van der Waals surface area contributed by atoms with Gasteiger partial charge < -0.3 is 37.1 Å². The first kappa shape index (κ1) is 28.3. The molecule has 2 heterocycles. The number of benzene rings is 1. The highest BCUT2D eigenvalue weighted by molar-refractivity contribution is 5.94. The van der Waals surface area contributed by atoms with Gasteiger partial charge in [-0.3, -0.25) is 19.2 Å². The SMILES string of the molecule is NC(=O)CCC(NC(=O)C(Cc1ccccc1)NC(=O)C(Cc1cnc[nH]1)NC(=O)C1CCCN1)C(=O)O. The smallest absolute Gasteiger partial charge is 0.326 e. The second kappa shape index (κ2) is 13.9. The lowest BCUT2D eigenvalue weighted by atomic mass is 10.0. The lowest BCUT2D eigenvalue weighted by Gasteiger charge is -2.25. The number of hydrogen-bond donors (Lipinski definition) is 7. The topological polar surface area (TPSA) is 208 Å². The van der Waals surface area contributed by atoms with Crippen molar-refractivity contribution in [3.05, 3.63) is 54.1 Å². The van der Waals surface area contributed by atoms with E-state index in [0.717, 1.165) is 12.0 Å². The number of carbonyl (C=O) groups excluding carboxylic acids is 4. The van der Waals surface area contributed by atoms with Crippen molar-refractivity contribution in [2.45, 2.75) is 62.7 Å². The molecule has 38 heavy (non-hydrogen) atoms. The van der Waals surface area contributed by atoms with Gasteiger partial charge in [-0.05, 0) is 31.4 Å². The first-order chi connectivity index (χ1) is 18.2. The lowest BCUT2D eigenvalue weighted by molar-refractivity contribution is -0.142. The summed E-state index contributed by atoms with van der Waals surface area (Å²) >= 11 is 0. The molecule has 0 spiro atoms. The summed E-state index contributed by atoms with van der Waals surface area (Å²) in [5.74, 6) is -3.73. The average molecular weight is 528 g/mol. The Morgan fingerprint density at radius 3 is 2.26 bits per heavy atom. The van der Waals surface area contributed by atoms with Gasteiger partial charge in [-0.1, -0.05) is 30.3 Å². The summed E-state index contributed by atoms with van der Waals surface area (Å²) in [7, 11) is 0. The number of primary amides is 1. The first-order valence-electron chi connectivity index (χ1n) is 12.4. The minimum absolute atomic E-state index is 0.0650. The van der Waals surface area contributed by atoms with Crippen molar-refractivity contribution in [2.24, 2.45) is 5.73 Å². The van der Waals surface area contributed by atoms with Gasteiger partial charge in [-0.2, -0.15) is 0 Å². The Hall–Kier alpha value is -4.26. The van der Waals surface area contributed by atoms with E-state index in [1.54, 1.807) is 30.3 Å². The number of nitrogens with zero attached hydrogens (tertiary/aromatic N) is 1. The molecular weight excluding hydrogens is 494 g/mol. The summed E-state index contributed by atoms with van der Waals surface area (Å²) in [4.78, 5) is 69.1. The number of carbonyl (C=O) groups is 5. The molecule has 13 nitrogen and oxygen atoms in total. The minimum Gasteiger partial charge on any atom is -0.480 e. The van der Waals surface area contributed by atoms with E-state index in [1.807, 2.05) is 0 Å². The van der Waals surface area contributed by atoms with Gasteiger partial charge in [0.15, 0.2) is 0 Å². The second-order valence-electron chi connectivity index (χ2n) is 9.15. The molecule has 0 saturated carbocycles. The number of rotatable bonds is 14. The van der Waals surface area contributed by atoms with Gasteiger partial charge in [0.2, 0.25) is 23.6 Å². The Labute approximate surface area is 219 Å². The van der Waals surface area contributed by atoms with Crippen LogP contribution in [0, 0.1) is 0 Å². The van der Waals surface area contributed by atoms with Crippen LogP contribution in [-0.2, 0) is 36.8 Å². The third-order valence-electron chi connectivity index (χ3n) is 6.20. The maximum Gasteiger partial charge on any atom is 0.326 e. The number of nitrogens with one attached hydrogen (secondary N) is 5. The Balaban J connectivity index is 1.78. The van der Waals surface area contributed by atoms with Crippen molar-refractivity contribution in [3.63, 3.8) is 0 Å². The number of aliphatic carboxylic acids is 1. The predicted molar refractivity (Wildman–Crippen MR) is 135 cm³/mol. The summed E-state index contributed by atoms with van der Waals surface area (Å²) in [6.07, 6.45) is 4.20. The molecule has 0 aliphatic carbocycles. The molecule has 3 rings (SSSR count). The Bertz CT molecular complexity index is 1100. The van der Waals surface area contributed by atoms with E-state index < -0.39 is 47.9 Å². The number of amides is 4. The van der Waals surface area contributed by atoms with Gasteiger partial charge in [0, 0.05) is 31.2 Å². The van der Waals surface area contributed by atoms with Crippen LogP contribution in [0.5, 0.6) is 0 Å². The number of nitrogens with two attached hydrogens (primary N) is 1. The van der Waals surface area contributed by atoms with Gasteiger partial charge in [-0.15, -0.1) is 0 Å². The van der Waals surface area contributed by atoms with Crippen molar-refractivity contribution in [1.29, 1.82) is 0 Å². The number of aromatic amines is 1. The largest absolute Gasteiger partial charge is 0.480 e. The molecule has 1 aromatic carbocycles. The van der Waals surface area contributed by atoms with E-state index in [1.165, 1.54) is 12.5 Å². The van der Waals surface area contributed by atoms with E-state index in [0.29, 0.717) is 18.7 Å². The van der Waals surface area contributed by atoms with Crippen molar-refractivity contribution < 1.29 is 29.1 Å². The molecule has 4 unspecified atom stereocenters. The number of hydrogen-bond acceptors (Lipinski definition) is 7. The minimum atomic E-state index is -1.38. The fourth-order valence-corrected chi connectivity index (χ4v) is 4.15. The van der Waals surface area contributed by atoms with Crippen LogP contribution in [0.4, 0.5) is 0 Å². The number of carboxylic acids is 1. The van der Waals surface area contributed by atoms with Gasteiger partial charge in [0.05, 0.1) is 12.4 Å². The molecule has 0 radical (unpaired) electrons. The normalized spacial score (nSPS) is 17.1. The molecule has 1 aliphatic rings. The Morgan fingerprint density at radius 2 is 1.68 bits per heavy atom. The molecule has 1 aromatic heterocycles. The standard InChI is InChI=1S/C25H33N7O6/c26-21(33)9-8-18(25(37)38)30-23(35)19(11-15-5-2-1-3-6-15)31-24(36)20(12-16-13-27-14-29-16)32-22(34)17-7-4-10-28-17/h1-3,5-6,13-14,17-20,28H,4,7-12H2,(H2,26,33)(H,27,29)(H,30,35)(H,31,36)(H,32,34)(H,37,38). The van der Waals surface area contributed by atoms with Crippen LogP contribution < -0.4 is 27.0 Å². The van der Waals surface area contributed by atoms with Crippen molar-refractivity contribution in [1.82, 2.24) is 31.2 Å². The van der Waals surface area contributed by atoms with E-state index in [4.69, 9.17) is 5.73 Å². The van der Waals surface area contributed by atoms with Crippen molar-refractivity contribution in [2.75, 3.05) is 6.54 Å². The molecule has 1 saturated heterocycles. The van der Waals surface area contributed by atoms with Crippen LogP contribution in [0.15, 0.2) is 42.9 Å². The summed E-state index contributed by atoms with van der Waals surface area (Å²) < 4.78 is 0. The van der Waals surface area contributed by atoms with E-state index in [2.05, 4.69) is 31.2 Å².